The van der Waals surface area contributed by atoms with E-state index in [1.807, 2.05) is 24.5 Å². The lowest BCUT2D eigenvalue weighted by Gasteiger charge is -2.25. The molecule has 4 rings (SSSR count). The van der Waals surface area contributed by atoms with Crippen LogP contribution in [0.2, 0.25) is 0 Å². The summed E-state index contributed by atoms with van der Waals surface area (Å²) in [5.74, 6) is 1.54. The molecule has 1 aliphatic carbocycles. The van der Waals surface area contributed by atoms with Gasteiger partial charge in [-0.2, -0.15) is 0 Å². The van der Waals surface area contributed by atoms with E-state index in [0.29, 0.717) is 11.8 Å². The number of carbonyl (C=O) groups excluding carboxylic acids is 1. The minimum atomic E-state index is 0.341. The summed E-state index contributed by atoms with van der Waals surface area (Å²) in [5.41, 5.74) is 3.16. The first-order valence-corrected chi connectivity index (χ1v) is 10.5. The van der Waals surface area contributed by atoms with Crippen LogP contribution in [0.5, 0.6) is 0 Å². The van der Waals surface area contributed by atoms with Crippen LogP contribution in [0.1, 0.15) is 44.1 Å². The molecule has 27 heavy (non-hydrogen) atoms. The Morgan fingerprint density at radius 3 is 2.93 bits per heavy atom. The number of nitrogens with zero attached hydrogens (tertiary/aromatic N) is 3. The third-order valence-electron chi connectivity index (χ3n) is 6.15. The normalized spacial score (nSPS) is 21.5. The minimum absolute atomic E-state index is 0.341. The van der Waals surface area contributed by atoms with Crippen molar-refractivity contribution < 1.29 is 4.79 Å². The van der Waals surface area contributed by atoms with E-state index in [9.17, 15) is 4.79 Å². The second-order valence-electron chi connectivity index (χ2n) is 8.14. The number of hydrogen-bond acceptors (Lipinski definition) is 4. The molecular weight excluding hydrogens is 336 g/mol. The van der Waals surface area contributed by atoms with Crippen molar-refractivity contribution in [1.29, 1.82) is 0 Å². The summed E-state index contributed by atoms with van der Waals surface area (Å²) in [7, 11) is 0. The summed E-state index contributed by atoms with van der Waals surface area (Å²) in [4.78, 5) is 23.8. The average molecular weight is 367 g/mol. The van der Waals surface area contributed by atoms with Crippen LogP contribution >= 0.6 is 0 Å². The van der Waals surface area contributed by atoms with Gasteiger partial charge in [0.2, 0.25) is 5.91 Å². The van der Waals surface area contributed by atoms with Gasteiger partial charge < -0.3 is 10.2 Å². The Morgan fingerprint density at radius 1 is 1.15 bits per heavy atom. The van der Waals surface area contributed by atoms with Gasteiger partial charge in [-0.1, -0.05) is 25.7 Å². The van der Waals surface area contributed by atoms with E-state index in [0.717, 1.165) is 62.4 Å². The lowest BCUT2D eigenvalue weighted by Crippen LogP contribution is -2.36. The zero-order chi connectivity index (χ0) is 18.5. The Hall–Kier alpha value is -2.01. The molecule has 1 N–H and O–H groups in total. The Bertz CT molecular complexity index is 767. The van der Waals surface area contributed by atoms with Crippen LogP contribution in [-0.4, -0.2) is 47.0 Å². The fourth-order valence-electron chi connectivity index (χ4n) is 4.65. The van der Waals surface area contributed by atoms with Gasteiger partial charge in [0.15, 0.2) is 0 Å². The summed E-state index contributed by atoms with van der Waals surface area (Å²) in [6.45, 7) is 3.51. The van der Waals surface area contributed by atoms with Gasteiger partial charge in [-0.3, -0.25) is 14.8 Å². The highest BCUT2D eigenvalue weighted by Crippen LogP contribution is 2.29. The SMILES string of the molecule is O=C(CCC1CCCC1)N1CCNCC(Cc2ccnc3cccnc23)C1. The smallest absolute Gasteiger partial charge is 0.222 e. The lowest BCUT2D eigenvalue weighted by molar-refractivity contribution is -0.131. The highest BCUT2D eigenvalue weighted by atomic mass is 16.2. The molecule has 1 aliphatic heterocycles. The highest BCUT2D eigenvalue weighted by Gasteiger charge is 2.24. The number of aromatic nitrogens is 2. The van der Waals surface area contributed by atoms with E-state index in [1.54, 1.807) is 0 Å². The molecule has 3 heterocycles. The van der Waals surface area contributed by atoms with Crippen LogP contribution in [0, 0.1) is 11.8 Å². The minimum Gasteiger partial charge on any atom is -0.341 e. The van der Waals surface area contributed by atoms with E-state index in [2.05, 4.69) is 26.3 Å². The van der Waals surface area contributed by atoms with Gasteiger partial charge in [0.1, 0.15) is 0 Å². The average Bonchev–Trinajstić information content (AvgIpc) is 3.11. The zero-order valence-corrected chi connectivity index (χ0v) is 16.1. The van der Waals surface area contributed by atoms with Gasteiger partial charge in [-0.25, -0.2) is 0 Å². The molecule has 5 nitrogen and oxygen atoms in total. The van der Waals surface area contributed by atoms with E-state index >= 15 is 0 Å². The number of nitrogens with one attached hydrogen (secondary N) is 1. The van der Waals surface area contributed by atoms with Crippen molar-refractivity contribution in [1.82, 2.24) is 20.2 Å². The highest BCUT2D eigenvalue weighted by molar-refractivity contribution is 5.77. The van der Waals surface area contributed by atoms with Crippen LogP contribution in [0.3, 0.4) is 0 Å². The van der Waals surface area contributed by atoms with Crippen molar-refractivity contribution in [3.05, 3.63) is 36.2 Å². The fourth-order valence-corrected chi connectivity index (χ4v) is 4.65. The maximum Gasteiger partial charge on any atom is 0.222 e. The Labute approximate surface area is 161 Å². The van der Waals surface area contributed by atoms with E-state index < -0.39 is 0 Å². The van der Waals surface area contributed by atoms with Crippen molar-refractivity contribution in [2.75, 3.05) is 26.2 Å². The first-order valence-electron chi connectivity index (χ1n) is 10.5. The van der Waals surface area contributed by atoms with Gasteiger partial charge in [0.25, 0.3) is 0 Å². The largest absolute Gasteiger partial charge is 0.341 e. The van der Waals surface area contributed by atoms with Gasteiger partial charge >= 0.3 is 0 Å². The zero-order valence-electron chi connectivity index (χ0n) is 16.1. The Balaban J connectivity index is 1.39. The summed E-state index contributed by atoms with van der Waals surface area (Å²) < 4.78 is 0. The van der Waals surface area contributed by atoms with Crippen molar-refractivity contribution in [2.24, 2.45) is 11.8 Å². The van der Waals surface area contributed by atoms with Gasteiger partial charge in [-0.15, -0.1) is 0 Å². The second kappa shape index (κ2) is 8.79. The van der Waals surface area contributed by atoms with Gasteiger partial charge in [0, 0.05) is 45.0 Å². The maximum atomic E-state index is 12.8. The summed E-state index contributed by atoms with van der Waals surface area (Å²) >= 11 is 0. The predicted octanol–water partition coefficient (Wildman–Crippen LogP) is 3.19. The molecule has 0 spiro atoms. The van der Waals surface area contributed by atoms with Crippen LogP contribution in [0.15, 0.2) is 30.6 Å². The third-order valence-corrected chi connectivity index (χ3v) is 6.15. The first-order chi connectivity index (χ1) is 13.3. The fraction of sp³-hybridized carbons (Fsp3) is 0.591. The third kappa shape index (κ3) is 4.64. The molecule has 1 amide bonds. The second-order valence-corrected chi connectivity index (χ2v) is 8.14. The summed E-state index contributed by atoms with van der Waals surface area (Å²) in [6.07, 6.45) is 11.8. The van der Waals surface area contributed by atoms with Gasteiger partial charge in [0.05, 0.1) is 11.0 Å². The Morgan fingerprint density at radius 2 is 2.04 bits per heavy atom. The molecule has 5 heteroatoms. The van der Waals surface area contributed by atoms with Crippen LogP contribution in [-0.2, 0) is 11.2 Å². The molecule has 0 aromatic carbocycles. The van der Waals surface area contributed by atoms with Crippen LogP contribution in [0.4, 0.5) is 0 Å². The van der Waals surface area contributed by atoms with Crippen LogP contribution < -0.4 is 5.32 Å². The van der Waals surface area contributed by atoms with Crippen molar-refractivity contribution in [3.8, 4) is 0 Å². The molecule has 1 unspecified atom stereocenters. The molecule has 1 saturated heterocycles. The number of rotatable bonds is 5. The van der Waals surface area contributed by atoms with Crippen molar-refractivity contribution in [2.45, 2.75) is 44.9 Å². The standard InChI is InChI=1S/C22H30N4O/c27-21(8-7-17-4-1-2-5-17)26-13-12-23-15-18(16-26)14-19-9-11-24-20-6-3-10-25-22(19)20/h3,6,9-11,17-18,23H,1-2,4-5,7-8,12-16H2. The van der Waals surface area contributed by atoms with Crippen molar-refractivity contribution >= 4 is 16.9 Å². The summed E-state index contributed by atoms with van der Waals surface area (Å²) in [6, 6.07) is 6.01. The van der Waals surface area contributed by atoms with Gasteiger partial charge in [-0.05, 0) is 48.4 Å². The number of fused-ring (bicyclic) bond motifs is 1. The summed E-state index contributed by atoms with van der Waals surface area (Å²) in [5, 5.41) is 3.52. The molecule has 0 radical (unpaired) electrons. The monoisotopic (exact) mass is 366 g/mol. The molecule has 2 aromatic rings. The van der Waals surface area contributed by atoms with Crippen molar-refractivity contribution in [3.63, 3.8) is 0 Å². The van der Waals surface area contributed by atoms with E-state index in [1.165, 1.54) is 31.2 Å². The molecule has 144 valence electrons. The van der Waals surface area contributed by atoms with E-state index in [4.69, 9.17) is 0 Å². The maximum absolute atomic E-state index is 12.8. The molecular formula is C22H30N4O. The van der Waals surface area contributed by atoms with E-state index in [-0.39, 0.29) is 0 Å². The topological polar surface area (TPSA) is 58.1 Å². The number of pyridine rings is 2. The quantitative estimate of drug-likeness (QED) is 0.883. The molecule has 2 fully saturated rings. The first kappa shape index (κ1) is 18.4. The predicted molar refractivity (Wildman–Crippen MR) is 107 cm³/mol. The molecule has 2 aromatic heterocycles. The molecule has 1 saturated carbocycles. The number of amides is 1. The lowest BCUT2D eigenvalue weighted by atomic mass is 9.97. The molecule has 2 aliphatic rings. The Kier molecular flexibility index (Phi) is 5.97. The number of hydrogen-bond donors (Lipinski definition) is 1. The number of carbonyl (C=O) groups is 1. The molecule has 1 atom stereocenters. The van der Waals surface area contributed by atoms with Crippen LogP contribution in [0.25, 0.3) is 11.0 Å². The molecule has 0 bridgehead atoms.